The first-order valence-corrected chi connectivity index (χ1v) is 9.36. The Bertz CT molecular complexity index is 915. The Hall–Kier alpha value is -2.34. The predicted octanol–water partition coefficient (Wildman–Crippen LogP) is 4.86. The lowest BCUT2D eigenvalue weighted by molar-refractivity contribution is 0.102. The molecule has 0 fully saturated rings. The first-order chi connectivity index (χ1) is 12.0. The average molecular weight is 354 g/mol. The van der Waals surface area contributed by atoms with Gasteiger partial charge in [-0.2, -0.15) is 0 Å². The molecule has 1 N–H and O–H groups in total. The highest BCUT2D eigenvalue weighted by Crippen LogP contribution is 2.29. The van der Waals surface area contributed by atoms with E-state index in [1.54, 1.807) is 0 Å². The van der Waals surface area contributed by atoms with Crippen LogP contribution in [0.3, 0.4) is 0 Å². The fourth-order valence-electron chi connectivity index (χ4n) is 2.91. The number of carbonyl (C=O) groups excluding carboxylic acids is 1. The molecule has 0 aliphatic rings. The summed E-state index contributed by atoms with van der Waals surface area (Å²) in [6.07, 6.45) is 2.04. The van der Waals surface area contributed by atoms with Crippen molar-refractivity contribution in [3.63, 3.8) is 0 Å². The number of benzene rings is 1. The minimum absolute atomic E-state index is 0.173. The minimum Gasteiger partial charge on any atom is -0.296 e. The number of hydrogen-bond donors (Lipinski definition) is 1. The van der Waals surface area contributed by atoms with Crippen molar-refractivity contribution in [1.82, 2.24) is 15.2 Å². The molecule has 0 saturated heterocycles. The molecular weight excluding hydrogens is 332 g/mol. The second-order valence-corrected chi connectivity index (χ2v) is 7.25. The van der Waals surface area contributed by atoms with Gasteiger partial charge in [0, 0.05) is 17.0 Å². The van der Waals surface area contributed by atoms with Crippen molar-refractivity contribution >= 4 is 33.3 Å². The van der Waals surface area contributed by atoms with Gasteiger partial charge in [-0.15, -0.1) is 10.2 Å². The summed E-state index contributed by atoms with van der Waals surface area (Å²) in [5.41, 5.74) is 3.35. The number of aryl methyl sites for hydroxylation is 2. The summed E-state index contributed by atoms with van der Waals surface area (Å²) in [5, 5.41) is 13.7. The molecule has 0 atom stereocenters. The zero-order valence-corrected chi connectivity index (χ0v) is 15.8. The van der Waals surface area contributed by atoms with Gasteiger partial charge in [-0.25, -0.2) is 0 Å². The van der Waals surface area contributed by atoms with E-state index >= 15 is 0 Å². The Morgan fingerprint density at radius 2 is 1.92 bits per heavy atom. The maximum Gasteiger partial charge on any atom is 0.258 e. The molecule has 0 aliphatic heterocycles. The Morgan fingerprint density at radius 1 is 1.16 bits per heavy atom. The summed E-state index contributed by atoms with van der Waals surface area (Å²) in [5.74, 6) is 0.225. The summed E-state index contributed by atoms with van der Waals surface area (Å²) in [6.45, 7) is 8.18. The summed E-state index contributed by atoms with van der Waals surface area (Å²) in [4.78, 5) is 17.3. The van der Waals surface area contributed by atoms with Crippen molar-refractivity contribution in [3.05, 3.63) is 46.1 Å². The molecule has 25 heavy (non-hydrogen) atoms. The third kappa shape index (κ3) is 3.69. The van der Waals surface area contributed by atoms with Crippen molar-refractivity contribution in [2.24, 2.45) is 0 Å². The van der Waals surface area contributed by atoms with Crippen LogP contribution in [0.15, 0.2) is 24.3 Å². The molecule has 3 rings (SSSR count). The van der Waals surface area contributed by atoms with Gasteiger partial charge in [0.2, 0.25) is 5.13 Å². The van der Waals surface area contributed by atoms with E-state index in [2.05, 4.69) is 34.3 Å². The molecule has 130 valence electrons. The van der Waals surface area contributed by atoms with Gasteiger partial charge in [0.25, 0.3) is 5.91 Å². The lowest BCUT2D eigenvalue weighted by Crippen LogP contribution is -2.13. The van der Waals surface area contributed by atoms with Crippen molar-refractivity contribution in [2.45, 2.75) is 46.5 Å². The lowest BCUT2D eigenvalue weighted by Gasteiger charge is -2.08. The zero-order valence-electron chi connectivity index (χ0n) is 15.0. The van der Waals surface area contributed by atoms with E-state index in [1.165, 1.54) is 11.3 Å². The first kappa shape index (κ1) is 17.5. The molecular formula is C19H22N4OS. The number of nitrogens with zero attached hydrogens (tertiary/aromatic N) is 3. The Balaban J connectivity index is 1.91. The first-order valence-electron chi connectivity index (χ1n) is 8.54. The molecule has 1 amide bonds. The topological polar surface area (TPSA) is 67.8 Å². The molecule has 2 heterocycles. The second-order valence-electron chi connectivity index (χ2n) is 6.24. The summed E-state index contributed by atoms with van der Waals surface area (Å²) in [6, 6.07) is 7.76. The van der Waals surface area contributed by atoms with Crippen LogP contribution in [-0.4, -0.2) is 21.1 Å². The molecule has 2 aromatic heterocycles. The zero-order chi connectivity index (χ0) is 18.0. The standard InChI is InChI=1S/C19H22N4OS/c1-5-13(6-2)18-22-23-19(25-18)21-17(24)15-10-12(4)20-16-8-7-11(3)9-14(15)16/h7-10,13H,5-6H2,1-4H3,(H,21,23,24). The Morgan fingerprint density at radius 3 is 2.64 bits per heavy atom. The molecule has 0 radical (unpaired) electrons. The fourth-order valence-corrected chi connectivity index (χ4v) is 3.92. The molecule has 5 nitrogen and oxygen atoms in total. The maximum absolute atomic E-state index is 12.8. The van der Waals surface area contributed by atoms with Crippen LogP contribution in [-0.2, 0) is 0 Å². The summed E-state index contributed by atoms with van der Waals surface area (Å²) in [7, 11) is 0. The van der Waals surface area contributed by atoms with E-state index in [9.17, 15) is 4.79 Å². The number of nitrogens with one attached hydrogen (secondary N) is 1. The van der Waals surface area contributed by atoms with Gasteiger partial charge in [-0.3, -0.25) is 15.1 Å². The Labute approximate surface area is 151 Å². The predicted molar refractivity (Wildman–Crippen MR) is 102 cm³/mol. The number of amides is 1. The van der Waals surface area contributed by atoms with E-state index in [0.717, 1.165) is 40.0 Å². The molecule has 3 aromatic rings. The molecule has 0 bridgehead atoms. The van der Waals surface area contributed by atoms with Gasteiger partial charge in [0.1, 0.15) is 5.01 Å². The molecule has 6 heteroatoms. The van der Waals surface area contributed by atoms with Gasteiger partial charge in [-0.05, 0) is 44.9 Å². The third-order valence-electron chi connectivity index (χ3n) is 4.33. The van der Waals surface area contributed by atoms with Crippen LogP contribution >= 0.6 is 11.3 Å². The van der Waals surface area contributed by atoms with Crippen molar-refractivity contribution in [3.8, 4) is 0 Å². The van der Waals surface area contributed by atoms with Crippen LogP contribution in [0.5, 0.6) is 0 Å². The number of hydrogen-bond acceptors (Lipinski definition) is 5. The van der Waals surface area contributed by atoms with Gasteiger partial charge >= 0.3 is 0 Å². The number of pyridine rings is 1. The van der Waals surface area contributed by atoms with E-state index in [1.807, 2.05) is 38.1 Å². The highest BCUT2D eigenvalue weighted by molar-refractivity contribution is 7.15. The summed E-state index contributed by atoms with van der Waals surface area (Å²) < 4.78 is 0. The maximum atomic E-state index is 12.8. The monoisotopic (exact) mass is 354 g/mol. The SMILES string of the molecule is CCC(CC)c1nnc(NC(=O)c2cc(C)nc3ccc(C)cc23)s1. The van der Waals surface area contributed by atoms with E-state index in [0.29, 0.717) is 16.6 Å². The average Bonchev–Trinajstić information content (AvgIpc) is 3.04. The van der Waals surface area contributed by atoms with E-state index in [-0.39, 0.29) is 5.91 Å². The van der Waals surface area contributed by atoms with Crippen LogP contribution in [0, 0.1) is 13.8 Å². The summed E-state index contributed by atoms with van der Waals surface area (Å²) >= 11 is 1.46. The largest absolute Gasteiger partial charge is 0.296 e. The lowest BCUT2D eigenvalue weighted by atomic mass is 10.0. The van der Waals surface area contributed by atoms with Gasteiger partial charge in [-0.1, -0.05) is 36.8 Å². The number of carbonyl (C=O) groups is 1. The molecule has 0 aliphatic carbocycles. The van der Waals surface area contributed by atoms with Gasteiger partial charge in [0.15, 0.2) is 0 Å². The number of rotatable bonds is 5. The van der Waals surface area contributed by atoms with Crippen LogP contribution < -0.4 is 5.32 Å². The van der Waals surface area contributed by atoms with E-state index in [4.69, 9.17) is 0 Å². The fraction of sp³-hybridized carbons (Fsp3) is 0.368. The Kier molecular flexibility index (Phi) is 5.08. The molecule has 1 aromatic carbocycles. The van der Waals surface area contributed by atoms with Crippen LogP contribution in [0.2, 0.25) is 0 Å². The third-order valence-corrected chi connectivity index (χ3v) is 5.33. The van der Waals surface area contributed by atoms with Gasteiger partial charge < -0.3 is 0 Å². The quantitative estimate of drug-likeness (QED) is 0.710. The second kappa shape index (κ2) is 7.27. The normalized spacial score (nSPS) is 11.2. The molecule has 0 saturated carbocycles. The molecule has 0 unspecified atom stereocenters. The van der Waals surface area contributed by atoms with Crippen molar-refractivity contribution in [2.75, 3.05) is 5.32 Å². The van der Waals surface area contributed by atoms with Crippen LogP contribution in [0.1, 0.15) is 59.2 Å². The van der Waals surface area contributed by atoms with Crippen LogP contribution in [0.25, 0.3) is 10.9 Å². The number of aromatic nitrogens is 3. The van der Waals surface area contributed by atoms with Crippen molar-refractivity contribution in [1.29, 1.82) is 0 Å². The molecule has 0 spiro atoms. The number of anilines is 1. The highest BCUT2D eigenvalue weighted by atomic mass is 32.1. The minimum atomic E-state index is -0.173. The smallest absolute Gasteiger partial charge is 0.258 e. The van der Waals surface area contributed by atoms with Gasteiger partial charge in [0.05, 0.1) is 11.1 Å². The number of fused-ring (bicyclic) bond motifs is 1. The van der Waals surface area contributed by atoms with Crippen LogP contribution in [0.4, 0.5) is 5.13 Å². The highest BCUT2D eigenvalue weighted by Gasteiger charge is 2.17. The van der Waals surface area contributed by atoms with Crippen molar-refractivity contribution < 1.29 is 4.79 Å². The van der Waals surface area contributed by atoms with E-state index < -0.39 is 0 Å².